The summed E-state index contributed by atoms with van der Waals surface area (Å²) in [6.45, 7) is 2.10. The summed E-state index contributed by atoms with van der Waals surface area (Å²) < 4.78 is 6.82. The minimum atomic E-state index is -0.688. The lowest BCUT2D eigenvalue weighted by molar-refractivity contribution is -0.0237. The monoisotopic (exact) mass is 373 g/mol. The van der Waals surface area contributed by atoms with Gasteiger partial charge in [0.1, 0.15) is 5.60 Å². The molecule has 2 N–H and O–H groups in total. The molecule has 1 fully saturated rings. The molecule has 2 atom stereocenters. The molecule has 0 amide bonds. The Balaban J connectivity index is 1.79. The van der Waals surface area contributed by atoms with Gasteiger partial charge >= 0.3 is 0 Å². The van der Waals surface area contributed by atoms with Gasteiger partial charge in [-0.2, -0.15) is 0 Å². The Morgan fingerprint density at radius 3 is 1.64 bits per heavy atom. The largest absolute Gasteiger partial charge is 0.392 e. The third-order valence-corrected chi connectivity index (χ3v) is 5.49. The number of nitrogens with one attached hydrogen (secondary N) is 1. The Kier molecular flexibility index (Phi) is 5.87. The second-order valence-corrected chi connectivity index (χ2v) is 7.50. The highest BCUT2D eigenvalue weighted by Gasteiger charge is 2.38. The van der Waals surface area contributed by atoms with Crippen LogP contribution in [0.5, 0.6) is 0 Å². The number of piperidine rings is 1. The normalized spacial score (nSPS) is 20.0. The summed E-state index contributed by atoms with van der Waals surface area (Å²) in [6, 6.07) is 31.3. The summed E-state index contributed by atoms with van der Waals surface area (Å²) in [7, 11) is 0. The van der Waals surface area contributed by atoms with Crippen LogP contribution < -0.4 is 5.32 Å². The number of hydrogen-bond donors (Lipinski definition) is 2. The van der Waals surface area contributed by atoms with E-state index in [9.17, 15) is 5.11 Å². The van der Waals surface area contributed by atoms with Crippen LogP contribution in [0.25, 0.3) is 0 Å². The van der Waals surface area contributed by atoms with Gasteiger partial charge in [0.25, 0.3) is 0 Å². The first-order chi connectivity index (χ1) is 13.8. The van der Waals surface area contributed by atoms with Crippen molar-refractivity contribution in [3.05, 3.63) is 108 Å². The Bertz CT molecular complexity index is 755. The van der Waals surface area contributed by atoms with Crippen molar-refractivity contribution < 1.29 is 9.84 Å². The Morgan fingerprint density at radius 1 is 0.750 bits per heavy atom. The van der Waals surface area contributed by atoms with Gasteiger partial charge in [0.05, 0.1) is 12.7 Å². The van der Waals surface area contributed by atoms with Crippen LogP contribution in [0.1, 0.15) is 23.1 Å². The van der Waals surface area contributed by atoms with E-state index in [-0.39, 0.29) is 12.0 Å². The summed E-state index contributed by atoms with van der Waals surface area (Å²) in [5.41, 5.74) is 2.64. The highest BCUT2D eigenvalue weighted by molar-refractivity contribution is 5.47. The van der Waals surface area contributed by atoms with Gasteiger partial charge in [-0.1, -0.05) is 91.0 Å². The molecule has 3 aromatic carbocycles. The zero-order valence-electron chi connectivity index (χ0n) is 16.0. The van der Waals surface area contributed by atoms with Crippen LogP contribution in [0.4, 0.5) is 0 Å². The lowest BCUT2D eigenvalue weighted by atomic mass is 9.80. The van der Waals surface area contributed by atoms with Crippen molar-refractivity contribution in [2.75, 3.05) is 19.7 Å². The molecule has 28 heavy (non-hydrogen) atoms. The van der Waals surface area contributed by atoms with Crippen LogP contribution in [0.3, 0.4) is 0 Å². The molecule has 2 unspecified atom stereocenters. The molecule has 3 nitrogen and oxygen atoms in total. The highest BCUT2D eigenvalue weighted by Crippen LogP contribution is 2.40. The van der Waals surface area contributed by atoms with Gasteiger partial charge in [-0.15, -0.1) is 0 Å². The molecule has 3 heteroatoms. The number of aliphatic hydroxyl groups excluding tert-OH is 1. The fourth-order valence-corrected chi connectivity index (χ4v) is 4.14. The summed E-state index contributed by atoms with van der Waals surface area (Å²) in [4.78, 5) is 0. The number of aliphatic hydroxyl groups is 1. The van der Waals surface area contributed by atoms with Crippen LogP contribution >= 0.6 is 0 Å². The van der Waals surface area contributed by atoms with Crippen molar-refractivity contribution in [1.29, 1.82) is 0 Å². The smallest absolute Gasteiger partial charge is 0.143 e. The number of benzene rings is 3. The Hall–Kier alpha value is -2.46. The number of hydrogen-bond acceptors (Lipinski definition) is 3. The maximum Gasteiger partial charge on any atom is 0.143 e. The van der Waals surface area contributed by atoms with Gasteiger partial charge in [0.2, 0.25) is 0 Å². The first kappa shape index (κ1) is 18.9. The van der Waals surface area contributed by atoms with Crippen LogP contribution in [-0.2, 0) is 10.3 Å². The van der Waals surface area contributed by atoms with E-state index in [0.29, 0.717) is 13.2 Å². The van der Waals surface area contributed by atoms with E-state index < -0.39 is 5.60 Å². The van der Waals surface area contributed by atoms with Crippen molar-refractivity contribution in [3.63, 3.8) is 0 Å². The maximum atomic E-state index is 10.0. The first-order valence-corrected chi connectivity index (χ1v) is 9.98. The molecule has 4 rings (SSSR count). The van der Waals surface area contributed by atoms with Crippen molar-refractivity contribution in [2.24, 2.45) is 5.92 Å². The highest BCUT2D eigenvalue weighted by atomic mass is 16.5. The van der Waals surface area contributed by atoms with E-state index in [1.807, 2.05) is 18.2 Å². The number of ether oxygens (including phenoxy) is 1. The predicted molar refractivity (Wildman–Crippen MR) is 112 cm³/mol. The molecular weight excluding hydrogens is 346 g/mol. The van der Waals surface area contributed by atoms with Gasteiger partial charge in [0.15, 0.2) is 0 Å². The molecule has 1 aliphatic rings. The fraction of sp³-hybridized carbons (Fsp3) is 0.280. The molecule has 0 bridgehead atoms. The minimum Gasteiger partial charge on any atom is -0.392 e. The van der Waals surface area contributed by atoms with Crippen molar-refractivity contribution in [1.82, 2.24) is 5.32 Å². The van der Waals surface area contributed by atoms with E-state index in [0.717, 1.165) is 29.7 Å². The molecule has 0 aliphatic carbocycles. The van der Waals surface area contributed by atoms with Gasteiger partial charge in [0, 0.05) is 13.1 Å². The van der Waals surface area contributed by atoms with Crippen LogP contribution in [-0.4, -0.2) is 30.9 Å². The molecular formula is C25H27NO2. The van der Waals surface area contributed by atoms with E-state index in [1.54, 1.807) is 0 Å². The van der Waals surface area contributed by atoms with Crippen molar-refractivity contribution in [2.45, 2.75) is 18.1 Å². The van der Waals surface area contributed by atoms with Crippen LogP contribution in [0.2, 0.25) is 0 Å². The quantitative estimate of drug-likeness (QED) is 0.643. The topological polar surface area (TPSA) is 41.5 Å². The third-order valence-electron chi connectivity index (χ3n) is 5.49. The second-order valence-electron chi connectivity index (χ2n) is 7.50. The lowest BCUT2D eigenvalue weighted by Gasteiger charge is -2.38. The van der Waals surface area contributed by atoms with Gasteiger partial charge < -0.3 is 15.2 Å². The number of β-amino-alcohol motifs (C(OH)–C–C–N with tert-alkyl or cyclic N) is 1. The Labute approximate surface area is 167 Å². The summed E-state index contributed by atoms with van der Waals surface area (Å²) >= 11 is 0. The van der Waals surface area contributed by atoms with Gasteiger partial charge in [-0.3, -0.25) is 0 Å². The average molecular weight is 373 g/mol. The van der Waals surface area contributed by atoms with E-state index >= 15 is 0 Å². The van der Waals surface area contributed by atoms with E-state index in [4.69, 9.17) is 4.74 Å². The summed E-state index contributed by atoms with van der Waals surface area (Å²) in [5, 5.41) is 13.4. The molecule has 144 valence electrons. The van der Waals surface area contributed by atoms with E-state index in [1.165, 1.54) is 0 Å². The van der Waals surface area contributed by atoms with Crippen molar-refractivity contribution >= 4 is 0 Å². The van der Waals surface area contributed by atoms with Crippen LogP contribution in [0, 0.1) is 5.92 Å². The van der Waals surface area contributed by atoms with Gasteiger partial charge in [-0.05, 0) is 29.0 Å². The molecule has 1 saturated heterocycles. The predicted octanol–water partition coefficient (Wildman–Crippen LogP) is 3.97. The van der Waals surface area contributed by atoms with Crippen molar-refractivity contribution in [3.8, 4) is 0 Å². The minimum absolute atomic E-state index is 0.277. The molecule has 0 aromatic heterocycles. The molecule has 0 radical (unpaired) electrons. The zero-order valence-corrected chi connectivity index (χ0v) is 16.0. The molecule has 1 heterocycles. The third kappa shape index (κ3) is 3.88. The molecule has 0 spiro atoms. The average Bonchev–Trinajstić information content (AvgIpc) is 2.77. The molecule has 0 saturated carbocycles. The first-order valence-electron chi connectivity index (χ1n) is 9.98. The summed E-state index contributed by atoms with van der Waals surface area (Å²) in [5.74, 6) is 0.277. The summed E-state index contributed by atoms with van der Waals surface area (Å²) in [6.07, 6.45) is 0.462. The maximum absolute atomic E-state index is 10.0. The van der Waals surface area contributed by atoms with E-state index in [2.05, 4.69) is 78.1 Å². The number of rotatable bonds is 6. The lowest BCUT2D eigenvalue weighted by Crippen LogP contribution is -2.43. The zero-order chi connectivity index (χ0) is 19.2. The standard InChI is InChI=1S/C25H27NO2/c27-24-16-20(17-26-18-24)19-28-25(21-10-4-1-5-11-21,22-12-6-2-7-13-22)23-14-8-3-9-15-23/h1-15,20,24,26-27H,16-19H2. The molecule has 1 aliphatic heterocycles. The van der Waals surface area contributed by atoms with Gasteiger partial charge in [-0.25, -0.2) is 0 Å². The Morgan fingerprint density at radius 2 is 1.21 bits per heavy atom. The second kappa shape index (κ2) is 8.70. The van der Waals surface area contributed by atoms with Crippen LogP contribution in [0.15, 0.2) is 91.0 Å². The molecule has 3 aromatic rings. The fourth-order valence-electron chi connectivity index (χ4n) is 4.14. The SMILES string of the molecule is OC1CNCC(COC(c2ccccc2)(c2ccccc2)c2ccccc2)C1.